The summed E-state index contributed by atoms with van der Waals surface area (Å²) >= 11 is 6.97. The first-order valence-corrected chi connectivity index (χ1v) is 8.06. The van der Waals surface area contributed by atoms with Crippen molar-refractivity contribution in [3.8, 4) is 11.6 Å². The summed E-state index contributed by atoms with van der Waals surface area (Å²) in [6.45, 7) is 2.02. The maximum absolute atomic E-state index is 6.01. The monoisotopic (exact) mass is 394 g/mol. The summed E-state index contributed by atoms with van der Waals surface area (Å²) in [5.74, 6) is 1.44. The van der Waals surface area contributed by atoms with Crippen molar-refractivity contribution in [2.75, 3.05) is 0 Å². The summed E-state index contributed by atoms with van der Waals surface area (Å²) in [4.78, 5) is 4.55. The summed E-state index contributed by atoms with van der Waals surface area (Å²) in [7, 11) is 0. The van der Waals surface area contributed by atoms with E-state index in [1.54, 1.807) is 0 Å². The fraction of sp³-hybridized carbons (Fsp3) is 0.133. The van der Waals surface area contributed by atoms with Gasteiger partial charge in [-0.05, 0) is 36.8 Å². The lowest BCUT2D eigenvalue weighted by Crippen LogP contribution is -1.93. The summed E-state index contributed by atoms with van der Waals surface area (Å²) in [6, 6.07) is 11.9. The molecule has 0 fully saturated rings. The number of nitrogens with zero attached hydrogens (tertiary/aromatic N) is 2. The first-order valence-electron chi connectivity index (χ1n) is 6.15. The second kappa shape index (κ2) is 5.58. The van der Waals surface area contributed by atoms with Crippen LogP contribution in [0.15, 0.2) is 47.1 Å². The van der Waals surface area contributed by atoms with E-state index in [-0.39, 0.29) is 0 Å². The number of alkyl halides is 1. The zero-order valence-electron chi connectivity index (χ0n) is 10.8. The minimum absolute atomic E-state index is 0.634. The Balaban J connectivity index is 2.08. The van der Waals surface area contributed by atoms with E-state index >= 15 is 0 Å². The first-order chi connectivity index (χ1) is 9.69. The molecule has 102 valence electrons. The highest BCUT2D eigenvalue weighted by atomic mass is 79.9. The highest BCUT2D eigenvalue weighted by molar-refractivity contribution is 9.10. The van der Waals surface area contributed by atoms with Crippen molar-refractivity contribution >= 4 is 37.5 Å². The Hall–Kier alpha value is -1.33. The molecule has 0 bridgehead atoms. The maximum atomic E-state index is 6.01. The predicted octanol–water partition coefficient (Wildman–Crippen LogP) is 5.09. The lowest BCUT2D eigenvalue weighted by Gasteiger charge is -2.08. The lowest BCUT2D eigenvalue weighted by molar-refractivity contribution is 0.458. The third kappa shape index (κ3) is 2.47. The quantitative estimate of drug-likeness (QED) is 0.577. The Kier molecular flexibility index (Phi) is 3.81. The number of aryl methyl sites for hydroxylation is 1. The molecule has 20 heavy (non-hydrogen) atoms. The standard InChI is InChI=1S/C15H12Br2N2O/c1-10-5-6-11(17)8-13(10)20-15-12(9-16)19-7-3-2-4-14(19)18-15/h2-8H,9H2,1H3. The average molecular weight is 396 g/mol. The smallest absolute Gasteiger partial charge is 0.242 e. The Labute approximate surface area is 133 Å². The Morgan fingerprint density at radius 2 is 2.10 bits per heavy atom. The van der Waals surface area contributed by atoms with Crippen LogP contribution in [0.4, 0.5) is 0 Å². The van der Waals surface area contributed by atoms with Crippen LogP contribution in [0.2, 0.25) is 0 Å². The highest BCUT2D eigenvalue weighted by Gasteiger charge is 2.14. The van der Waals surface area contributed by atoms with Gasteiger partial charge in [0.1, 0.15) is 11.4 Å². The van der Waals surface area contributed by atoms with Gasteiger partial charge in [0.15, 0.2) is 0 Å². The van der Waals surface area contributed by atoms with Gasteiger partial charge in [-0.1, -0.05) is 44.0 Å². The number of aromatic nitrogens is 2. The fourth-order valence-corrected chi connectivity index (χ4v) is 2.87. The molecule has 0 radical (unpaired) electrons. The molecule has 3 nitrogen and oxygen atoms in total. The van der Waals surface area contributed by atoms with Gasteiger partial charge in [0.2, 0.25) is 5.88 Å². The predicted molar refractivity (Wildman–Crippen MR) is 86.8 cm³/mol. The Morgan fingerprint density at radius 1 is 1.25 bits per heavy atom. The summed E-state index contributed by atoms with van der Waals surface area (Å²) in [5.41, 5.74) is 2.95. The molecule has 3 rings (SSSR count). The Morgan fingerprint density at radius 3 is 2.90 bits per heavy atom. The van der Waals surface area contributed by atoms with Crippen LogP contribution in [-0.2, 0) is 5.33 Å². The van der Waals surface area contributed by atoms with Crippen molar-refractivity contribution in [2.24, 2.45) is 0 Å². The molecule has 1 aromatic carbocycles. The van der Waals surface area contributed by atoms with Gasteiger partial charge in [-0.3, -0.25) is 4.40 Å². The SMILES string of the molecule is Cc1ccc(Br)cc1Oc1nc2ccccn2c1CBr. The van der Waals surface area contributed by atoms with Crippen molar-refractivity contribution in [1.82, 2.24) is 9.38 Å². The number of benzene rings is 1. The highest BCUT2D eigenvalue weighted by Crippen LogP contribution is 2.31. The van der Waals surface area contributed by atoms with Crippen LogP contribution in [0.25, 0.3) is 5.65 Å². The van der Waals surface area contributed by atoms with Crippen LogP contribution in [0.1, 0.15) is 11.3 Å². The van der Waals surface area contributed by atoms with E-state index in [1.165, 1.54) is 0 Å². The van der Waals surface area contributed by atoms with Crippen molar-refractivity contribution in [3.63, 3.8) is 0 Å². The van der Waals surface area contributed by atoms with Gasteiger partial charge < -0.3 is 4.74 Å². The van der Waals surface area contributed by atoms with Gasteiger partial charge in [0.25, 0.3) is 0 Å². The molecule has 5 heteroatoms. The second-order valence-corrected chi connectivity index (χ2v) is 5.91. The topological polar surface area (TPSA) is 26.5 Å². The van der Waals surface area contributed by atoms with Crippen molar-refractivity contribution in [2.45, 2.75) is 12.3 Å². The molecule has 0 amide bonds. The van der Waals surface area contributed by atoms with Crippen molar-refractivity contribution in [1.29, 1.82) is 0 Å². The molecule has 0 spiro atoms. The van der Waals surface area contributed by atoms with Gasteiger partial charge in [-0.2, -0.15) is 4.98 Å². The second-order valence-electron chi connectivity index (χ2n) is 4.44. The molecule has 3 aromatic rings. The molecule has 0 N–H and O–H groups in total. The van der Waals surface area contributed by atoms with E-state index in [2.05, 4.69) is 36.8 Å². The molecule has 0 aliphatic rings. The molecule has 0 saturated carbocycles. The third-order valence-electron chi connectivity index (χ3n) is 3.08. The average Bonchev–Trinajstić information content (AvgIpc) is 2.80. The number of imidazole rings is 1. The van der Waals surface area contributed by atoms with E-state index < -0.39 is 0 Å². The zero-order valence-corrected chi connectivity index (χ0v) is 14.0. The lowest BCUT2D eigenvalue weighted by atomic mass is 10.2. The van der Waals surface area contributed by atoms with E-state index in [0.717, 1.165) is 27.1 Å². The van der Waals surface area contributed by atoms with Crippen molar-refractivity contribution < 1.29 is 4.74 Å². The largest absolute Gasteiger partial charge is 0.437 e. The number of hydrogen-bond donors (Lipinski definition) is 0. The van der Waals surface area contributed by atoms with E-state index in [4.69, 9.17) is 4.74 Å². The van der Waals surface area contributed by atoms with E-state index in [9.17, 15) is 0 Å². The number of hydrogen-bond acceptors (Lipinski definition) is 2. The molecule has 2 heterocycles. The van der Waals surface area contributed by atoms with E-state index in [0.29, 0.717) is 11.2 Å². The number of halogens is 2. The van der Waals surface area contributed by atoms with Crippen molar-refractivity contribution in [3.05, 3.63) is 58.3 Å². The summed E-state index contributed by atoms with van der Waals surface area (Å²) < 4.78 is 9.02. The molecule has 0 unspecified atom stereocenters. The van der Waals surface area contributed by atoms with Crippen LogP contribution < -0.4 is 4.74 Å². The summed E-state index contributed by atoms with van der Waals surface area (Å²) in [6.07, 6.45) is 1.99. The molecule has 0 atom stereocenters. The molecule has 0 aliphatic heterocycles. The van der Waals surface area contributed by atoms with Crippen LogP contribution in [0.5, 0.6) is 11.6 Å². The maximum Gasteiger partial charge on any atom is 0.242 e. The fourth-order valence-electron chi connectivity index (χ4n) is 2.02. The third-order valence-corrected chi connectivity index (χ3v) is 4.10. The normalized spacial score (nSPS) is 10.9. The molecular weight excluding hydrogens is 384 g/mol. The van der Waals surface area contributed by atoms with Crippen LogP contribution >= 0.6 is 31.9 Å². The molecule has 0 aliphatic carbocycles. The zero-order chi connectivity index (χ0) is 14.1. The van der Waals surface area contributed by atoms with E-state index in [1.807, 2.05) is 53.9 Å². The number of ether oxygens (including phenoxy) is 1. The minimum atomic E-state index is 0.634. The van der Waals surface area contributed by atoms with Gasteiger partial charge in [-0.15, -0.1) is 0 Å². The van der Waals surface area contributed by atoms with Gasteiger partial charge in [-0.25, -0.2) is 0 Å². The molecule has 2 aromatic heterocycles. The number of rotatable bonds is 3. The molecular formula is C15H12Br2N2O. The van der Waals surface area contributed by atoms with Gasteiger partial charge in [0, 0.05) is 16.0 Å². The van der Waals surface area contributed by atoms with Crippen LogP contribution in [-0.4, -0.2) is 9.38 Å². The van der Waals surface area contributed by atoms with Gasteiger partial charge in [0.05, 0.1) is 5.69 Å². The number of fused-ring (bicyclic) bond motifs is 1. The number of pyridine rings is 1. The first kappa shape index (κ1) is 13.6. The van der Waals surface area contributed by atoms with Crippen LogP contribution in [0.3, 0.4) is 0 Å². The van der Waals surface area contributed by atoms with Crippen LogP contribution in [0, 0.1) is 6.92 Å². The Bertz CT molecular complexity index is 768. The molecule has 0 saturated heterocycles. The van der Waals surface area contributed by atoms with Gasteiger partial charge >= 0.3 is 0 Å². The minimum Gasteiger partial charge on any atom is -0.437 e. The summed E-state index contributed by atoms with van der Waals surface area (Å²) in [5, 5.41) is 0.681.